The molecule has 2 aromatic carbocycles. The van der Waals surface area contributed by atoms with E-state index in [0.717, 1.165) is 16.7 Å². The summed E-state index contributed by atoms with van der Waals surface area (Å²) in [5, 5.41) is 0. The lowest BCUT2D eigenvalue weighted by Gasteiger charge is -2.08. The van der Waals surface area contributed by atoms with E-state index in [9.17, 15) is 14.0 Å². The Hall–Kier alpha value is -2.49. The molecule has 3 nitrogen and oxygen atoms in total. The minimum atomic E-state index is -0.405. The summed E-state index contributed by atoms with van der Waals surface area (Å²) in [7, 11) is 1.35. The molecular weight excluding hydrogens is 283 g/mol. The molecule has 2 aromatic rings. The van der Waals surface area contributed by atoms with Crippen LogP contribution in [0.25, 0.3) is 0 Å². The number of methoxy groups -OCH3 is 1. The Bertz CT molecular complexity index is 765. The third kappa shape index (κ3) is 2.64. The summed E-state index contributed by atoms with van der Waals surface area (Å²) in [5.74, 6) is -0.880. The highest BCUT2D eigenvalue weighted by molar-refractivity contribution is 6.11. The van der Waals surface area contributed by atoms with Crippen LogP contribution in [0.2, 0.25) is 0 Å². The van der Waals surface area contributed by atoms with Crippen LogP contribution in [0.1, 0.15) is 32.6 Å². The van der Waals surface area contributed by atoms with Crippen LogP contribution in [0, 0.1) is 5.82 Å². The molecular formula is C18H15FO3. The van der Waals surface area contributed by atoms with Crippen molar-refractivity contribution in [2.75, 3.05) is 7.11 Å². The van der Waals surface area contributed by atoms with Gasteiger partial charge in [-0.3, -0.25) is 9.59 Å². The van der Waals surface area contributed by atoms with E-state index in [1.54, 1.807) is 18.2 Å². The third-order valence-corrected chi connectivity index (χ3v) is 3.97. The quantitative estimate of drug-likeness (QED) is 0.801. The number of aryl methyl sites for hydroxylation is 2. The van der Waals surface area contributed by atoms with E-state index in [4.69, 9.17) is 0 Å². The monoisotopic (exact) mass is 298 g/mol. The van der Waals surface area contributed by atoms with Gasteiger partial charge in [0, 0.05) is 11.1 Å². The van der Waals surface area contributed by atoms with Gasteiger partial charge in [-0.1, -0.05) is 24.3 Å². The Morgan fingerprint density at radius 1 is 1.09 bits per heavy atom. The van der Waals surface area contributed by atoms with Gasteiger partial charge < -0.3 is 4.74 Å². The number of ether oxygens (including phenoxy) is 1. The minimum Gasteiger partial charge on any atom is -0.469 e. The molecule has 1 aliphatic rings. The average Bonchev–Trinajstić information content (AvgIpc) is 2.65. The summed E-state index contributed by atoms with van der Waals surface area (Å²) in [4.78, 5) is 24.0. The highest BCUT2D eigenvalue weighted by Crippen LogP contribution is 2.26. The normalized spacial score (nSPS) is 13.1. The zero-order chi connectivity index (χ0) is 15.7. The molecule has 0 saturated heterocycles. The largest absolute Gasteiger partial charge is 0.469 e. The van der Waals surface area contributed by atoms with Crippen LogP contribution in [0.3, 0.4) is 0 Å². The number of hydrogen-bond acceptors (Lipinski definition) is 3. The first-order valence-corrected chi connectivity index (χ1v) is 7.10. The lowest BCUT2D eigenvalue weighted by molar-refractivity contribution is -0.139. The zero-order valence-electron chi connectivity index (χ0n) is 12.2. The average molecular weight is 298 g/mol. The number of ketones is 1. The summed E-state index contributed by atoms with van der Waals surface area (Å²) in [6.45, 7) is 0. The van der Waals surface area contributed by atoms with Gasteiger partial charge in [0.1, 0.15) is 5.82 Å². The van der Waals surface area contributed by atoms with Crippen molar-refractivity contribution in [2.24, 2.45) is 0 Å². The van der Waals surface area contributed by atoms with E-state index in [-0.39, 0.29) is 18.2 Å². The van der Waals surface area contributed by atoms with Crippen LogP contribution in [0.5, 0.6) is 0 Å². The Balaban J connectivity index is 2.00. The molecule has 0 saturated carbocycles. The highest BCUT2D eigenvalue weighted by atomic mass is 19.1. The molecule has 3 rings (SSSR count). The first kappa shape index (κ1) is 14.4. The van der Waals surface area contributed by atoms with Crippen molar-refractivity contribution in [3.8, 4) is 0 Å². The number of hydrogen-bond donors (Lipinski definition) is 0. The fourth-order valence-corrected chi connectivity index (χ4v) is 2.82. The van der Waals surface area contributed by atoms with E-state index < -0.39 is 5.82 Å². The van der Waals surface area contributed by atoms with Gasteiger partial charge >= 0.3 is 5.97 Å². The molecule has 0 aromatic heterocycles. The summed E-state index contributed by atoms with van der Waals surface area (Å²) >= 11 is 0. The molecule has 0 unspecified atom stereocenters. The molecule has 0 atom stereocenters. The van der Waals surface area contributed by atoms with Crippen molar-refractivity contribution < 1.29 is 18.7 Å². The summed E-state index contributed by atoms with van der Waals surface area (Å²) < 4.78 is 18.1. The Morgan fingerprint density at radius 3 is 2.64 bits per heavy atom. The van der Waals surface area contributed by atoms with Gasteiger partial charge in [-0.25, -0.2) is 4.39 Å². The SMILES string of the molecule is COC(=O)Cc1ccc2c(c1)CCc1ccc(F)cc1C2=O. The lowest BCUT2D eigenvalue weighted by Crippen LogP contribution is -2.08. The van der Waals surface area contributed by atoms with E-state index in [0.29, 0.717) is 24.0 Å². The van der Waals surface area contributed by atoms with Gasteiger partial charge in [-0.05, 0) is 41.7 Å². The maximum Gasteiger partial charge on any atom is 0.309 e. The van der Waals surface area contributed by atoms with E-state index in [2.05, 4.69) is 4.74 Å². The van der Waals surface area contributed by atoms with Crippen LogP contribution in [0.15, 0.2) is 36.4 Å². The Labute approximate surface area is 127 Å². The predicted octanol–water partition coefficient (Wildman–Crippen LogP) is 2.87. The molecule has 0 aliphatic heterocycles. The highest BCUT2D eigenvalue weighted by Gasteiger charge is 2.22. The van der Waals surface area contributed by atoms with Crippen molar-refractivity contribution in [1.82, 2.24) is 0 Å². The topological polar surface area (TPSA) is 43.4 Å². The lowest BCUT2D eigenvalue weighted by atomic mass is 9.96. The van der Waals surface area contributed by atoms with Crippen LogP contribution in [0.4, 0.5) is 4.39 Å². The second-order valence-corrected chi connectivity index (χ2v) is 5.38. The smallest absolute Gasteiger partial charge is 0.309 e. The zero-order valence-corrected chi connectivity index (χ0v) is 12.2. The Morgan fingerprint density at radius 2 is 1.86 bits per heavy atom. The van der Waals surface area contributed by atoms with Gasteiger partial charge in [-0.2, -0.15) is 0 Å². The molecule has 0 radical (unpaired) electrons. The summed E-state index contributed by atoms with van der Waals surface area (Å²) in [6, 6.07) is 9.68. The van der Waals surface area contributed by atoms with E-state index >= 15 is 0 Å². The number of esters is 1. The third-order valence-electron chi connectivity index (χ3n) is 3.97. The van der Waals surface area contributed by atoms with Crippen LogP contribution >= 0.6 is 0 Å². The van der Waals surface area contributed by atoms with Crippen molar-refractivity contribution in [3.63, 3.8) is 0 Å². The molecule has 112 valence electrons. The van der Waals surface area contributed by atoms with Gasteiger partial charge in [0.05, 0.1) is 13.5 Å². The van der Waals surface area contributed by atoms with E-state index in [1.807, 2.05) is 6.07 Å². The number of fused-ring (bicyclic) bond motifs is 2. The number of benzene rings is 2. The number of rotatable bonds is 2. The van der Waals surface area contributed by atoms with E-state index in [1.165, 1.54) is 19.2 Å². The fraction of sp³-hybridized carbons (Fsp3) is 0.222. The van der Waals surface area contributed by atoms with Crippen LogP contribution in [-0.2, 0) is 28.8 Å². The fourth-order valence-electron chi connectivity index (χ4n) is 2.82. The van der Waals surface area contributed by atoms with Crippen molar-refractivity contribution in [2.45, 2.75) is 19.3 Å². The maximum atomic E-state index is 13.4. The van der Waals surface area contributed by atoms with Gasteiger partial charge in [-0.15, -0.1) is 0 Å². The molecule has 1 aliphatic carbocycles. The maximum absolute atomic E-state index is 13.4. The second kappa shape index (κ2) is 5.72. The molecule has 0 amide bonds. The molecule has 22 heavy (non-hydrogen) atoms. The van der Waals surface area contributed by atoms with Gasteiger partial charge in [0.15, 0.2) is 5.78 Å². The molecule has 0 heterocycles. The van der Waals surface area contributed by atoms with Crippen molar-refractivity contribution in [3.05, 3.63) is 70.0 Å². The van der Waals surface area contributed by atoms with Crippen molar-refractivity contribution in [1.29, 1.82) is 0 Å². The first-order valence-electron chi connectivity index (χ1n) is 7.10. The molecule has 0 spiro atoms. The number of carbonyl (C=O) groups excluding carboxylic acids is 2. The molecule has 4 heteroatoms. The predicted molar refractivity (Wildman–Crippen MR) is 79.4 cm³/mol. The van der Waals surface area contributed by atoms with Crippen molar-refractivity contribution >= 4 is 11.8 Å². The molecule has 0 N–H and O–H groups in total. The molecule has 0 bridgehead atoms. The number of carbonyl (C=O) groups is 2. The first-order chi connectivity index (χ1) is 10.6. The second-order valence-electron chi connectivity index (χ2n) is 5.38. The Kier molecular flexibility index (Phi) is 3.75. The number of halogens is 1. The standard InChI is InChI=1S/C18H15FO3/c1-22-17(20)9-11-2-7-15-13(8-11)4-3-12-5-6-14(19)10-16(12)18(15)21/h2,5-8,10H,3-4,9H2,1H3. The minimum absolute atomic E-state index is 0.161. The summed E-state index contributed by atoms with van der Waals surface area (Å²) in [5.41, 5.74) is 3.58. The summed E-state index contributed by atoms with van der Waals surface area (Å²) in [6.07, 6.45) is 1.55. The van der Waals surface area contributed by atoms with Crippen LogP contribution in [-0.4, -0.2) is 18.9 Å². The van der Waals surface area contributed by atoms with Crippen LogP contribution < -0.4 is 0 Å². The van der Waals surface area contributed by atoms with Gasteiger partial charge in [0.2, 0.25) is 0 Å². The van der Waals surface area contributed by atoms with Gasteiger partial charge in [0.25, 0.3) is 0 Å². The molecule has 0 fully saturated rings.